The van der Waals surface area contributed by atoms with E-state index in [1.54, 1.807) is 12.1 Å². The van der Waals surface area contributed by atoms with Crippen LogP contribution in [0.5, 0.6) is 5.75 Å². The molecule has 9 heteroatoms. The third-order valence-electron chi connectivity index (χ3n) is 3.66. The fourth-order valence-electron chi connectivity index (χ4n) is 2.26. The van der Waals surface area contributed by atoms with Crippen molar-refractivity contribution in [2.45, 2.75) is 12.8 Å². The first-order valence-corrected chi connectivity index (χ1v) is 8.36. The van der Waals surface area contributed by atoms with Gasteiger partial charge in [-0.25, -0.2) is 4.98 Å². The van der Waals surface area contributed by atoms with Gasteiger partial charge in [0, 0.05) is 18.1 Å². The van der Waals surface area contributed by atoms with Gasteiger partial charge < -0.3 is 10.1 Å². The molecule has 0 atom stereocenters. The first-order valence-electron chi connectivity index (χ1n) is 7.99. The Labute approximate surface area is 163 Å². The van der Waals surface area contributed by atoms with E-state index in [1.807, 2.05) is 0 Å². The number of hydrogen-bond acceptors (Lipinski definition) is 4. The average Bonchev–Trinajstić information content (AvgIpc) is 2.67. The lowest BCUT2D eigenvalue weighted by Crippen LogP contribution is -2.13. The van der Waals surface area contributed by atoms with E-state index in [1.165, 1.54) is 36.8 Å². The van der Waals surface area contributed by atoms with Crippen LogP contribution in [0.15, 0.2) is 61.1 Å². The smallest absolute Gasteiger partial charge is 0.416 e. The zero-order valence-electron chi connectivity index (χ0n) is 14.2. The minimum absolute atomic E-state index is 0.0448. The average molecular weight is 408 g/mol. The number of nitrogens with one attached hydrogen (secondary N) is 1. The van der Waals surface area contributed by atoms with Crippen molar-refractivity contribution in [2.24, 2.45) is 0 Å². The summed E-state index contributed by atoms with van der Waals surface area (Å²) >= 11 is 6.16. The molecule has 1 amide bonds. The Kier molecular flexibility index (Phi) is 5.79. The molecule has 0 spiro atoms. The standard InChI is InChI=1S/C19H13ClF3N3O2/c20-15-9-14(26-18(27)16-10-24-7-8-25-16)5-6-17(15)28-11-12-1-3-13(4-2-12)19(21,22)23/h1-10H,11H2,(H,26,27). The van der Waals surface area contributed by atoms with Crippen molar-refractivity contribution < 1.29 is 22.7 Å². The number of amides is 1. The summed E-state index contributed by atoms with van der Waals surface area (Å²) in [6.07, 6.45) is -0.191. The monoisotopic (exact) mass is 407 g/mol. The number of aromatic nitrogens is 2. The second kappa shape index (κ2) is 8.26. The van der Waals surface area contributed by atoms with Crippen molar-refractivity contribution in [1.82, 2.24) is 9.97 Å². The molecule has 0 radical (unpaired) electrons. The van der Waals surface area contributed by atoms with Crippen LogP contribution in [0.4, 0.5) is 18.9 Å². The summed E-state index contributed by atoms with van der Waals surface area (Å²) in [4.78, 5) is 19.8. The van der Waals surface area contributed by atoms with Gasteiger partial charge in [0.25, 0.3) is 5.91 Å². The van der Waals surface area contributed by atoms with Crippen LogP contribution < -0.4 is 10.1 Å². The molecule has 0 fully saturated rings. The third-order valence-corrected chi connectivity index (χ3v) is 3.96. The summed E-state index contributed by atoms with van der Waals surface area (Å²) in [6.45, 7) is 0.0448. The number of benzene rings is 2. The lowest BCUT2D eigenvalue weighted by Gasteiger charge is -2.11. The van der Waals surface area contributed by atoms with Crippen LogP contribution in [-0.4, -0.2) is 15.9 Å². The molecule has 5 nitrogen and oxygen atoms in total. The quantitative estimate of drug-likeness (QED) is 0.648. The van der Waals surface area contributed by atoms with Crippen LogP contribution >= 0.6 is 11.6 Å². The largest absolute Gasteiger partial charge is 0.487 e. The van der Waals surface area contributed by atoms with E-state index in [9.17, 15) is 18.0 Å². The second-order valence-electron chi connectivity index (χ2n) is 5.67. The highest BCUT2D eigenvalue weighted by Gasteiger charge is 2.29. The van der Waals surface area contributed by atoms with Gasteiger partial charge in [-0.15, -0.1) is 0 Å². The Morgan fingerprint density at radius 1 is 1.11 bits per heavy atom. The molecular formula is C19H13ClF3N3O2. The van der Waals surface area contributed by atoms with Gasteiger partial charge in [-0.05, 0) is 35.9 Å². The highest BCUT2D eigenvalue weighted by Crippen LogP contribution is 2.30. The number of hydrogen-bond donors (Lipinski definition) is 1. The molecule has 3 aromatic rings. The number of halogens is 4. The molecule has 1 aromatic heterocycles. The summed E-state index contributed by atoms with van der Waals surface area (Å²) in [6, 6.07) is 9.30. The minimum Gasteiger partial charge on any atom is -0.487 e. The third kappa shape index (κ3) is 4.98. The van der Waals surface area contributed by atoms with Gasteiger partial charge >= 0.3 is 6.18 Å². The molecule has 3 rings (SSSR count). The number of anilines is 1. The summed E-state index contributed by atoms with van der Waals surface area (Å²) < 4.78 is 43.3. The predicted molar refractivity (Wildman–Crippen MR) is 97.2 cm³/mol. The van der Waals surface area contributed by atoms with Crippen LogP contribution in [0.1, 0.15) is 21.6 Å². The fourth-order valence-corrected chi connectivity index (χ4v) is 2.49. The van der Waals surface area contributed by atoms with Gasteiger partial charge in [0.15, 0.2) is 0 Å². The lowest BCUT2D eigenvalue weighted by atomic mass is 10.1. The van der Waals surface area contributed by atoms with E-state index in [4.69, 9.17) is 16.3 Å². The lowest BCUT2D eigenvalue weighted by molar-refractivity contribution is -0.137. The summed E-state index contributed by atoms with van der Waals surface area (Å²) in [5.41, 5.74) is 0.422. The molecule has 0 aliphatic rings. The number of alkyl halides is 3. The van der Waals surface area contributed by atoms with Crippen molar-refractivity contribution in [2.75, 3.05) is 5.32 Å². The normalized spacial score (nSPS) is 11.1. The maximum atomic E-state index is 12.6. The van der Waals surface area contributed by atoms with Crippen LogP contribution in [0.2, 0.25) is 5.02 Å². The molecule has 1 heterocycles. The summed E-state index contributed by atoms with van der Waals surface area (Å²) in [7, 11) is 0. The Balaban J connectivity index is 1.62. The summed E-state index contributed by atoms with van der Waals surface area (Å²) in [5, 5.41) is 2.87. The molecular weight excluding hydrogens is 395 g/mol. The van der Waals surface area contributed by atoms with Crippen molar-refractivity contribution in [3.63, 3.8) is 0 Å². The van der Waals surface area contributed by atoms with Crippen molar-refractivity contribution in [3.8, 4) is 5.75 Å². The number of rotatable bonds is 5. The first kappa shape index (κ1) is 19.6. The molecule has 1 N–H and O–H groups in total. The van der Waals surface area contributed by atoms with Gasteiger partial charge in [0.1, 0.15) is 18.1 Å². The second-order valence-corrected chi connectivity index (χ2v) is 6.08. The maximum Gasteiger partial charge on any atom is 0.416 e. The SMILES string of the molecule is O=C(Nc1ccc(OCc2ccc(C(F)(F)F)cc2)c(Cl)c1)c1cnccn1. The van der Waals surface area contributed by atoms with Crippen molar-refractivity contribution in [3.05, 3.63) is 82.9 Å². The molecule has 2 aromatic carbocycles. The molecule has 0 bridgehead atoms. The molecule has 28 heavy (non-hydrogen) atoms. The van der Waals surface area contributed by atoms with E-state index in [0.29, 0.717) is 17.0 Å². The molecule has 0 unspecified atom stereocenters. The number of ether oxygens (including phenoxy) is 1. The Hall–Kier alpha value is -3.13. The van der Waals surface area contributed by atoms with E-state index < -0.39 is 17.6 Å². The maximum absolute atomic E-state index is 12.6. The van der Waals surface area contributed by atoms with Gasteiger partial charge in [0.05, 0.1) is 16.8 Å². The summed E-state index contributed by atoms with van der Waals surface area (Å²) in [5.74, 6) is -0.110. The Morgan fingerprint density at radius 2 is 1.86 bits per heavy atom. The molecule has 0 saturated carbocycles. The topological polar surface area (TPSA) is 64.1 Å². The number of carbonyl (C=O) groups excluding carboxylic acids is 1. The Bertz CT molecular complexity index is 964. The molecule has 0 aliphatic carbocycles. The van der Waals surface area contributed by atoms with Crippen molar-refractivity contribution >= 4 is 23.2 Å². The van der Waals surface area contributed by atoms with E-state index in [-0.39, 0.29) is 17.3 Å². The van der Waals surface area contributed by atoms with Crippen molar-refractivity contribution in [1.29, 1.82) is 0 Å². The van der Waals surface area contributed by atoms with E-state index in [2.05, 4.69) is 15.3 Å². The van der Waals surface area contributed by atoms with Crippen LogP contribution in [0, 0.1) is 0 Å². The zero-order chi connectivity index (χ0) is 20.1. The molecule has 0 saturated heterocycles. The van der Waals surface area contributed by atoms with Gasteiger partial charge in [-0.2, -0.15) is 13.2 Å². The highest BCUT2D eigenvalue weighted by molar-refractivity contribution is 6.32. The van der Waals surface area contributed by atoms with Gasteiger partial charge in [0.2, 0.25) is 0 Å². The van der Waals surface area contributed by atoms with Crippen LogP contribution in [-0.2, 0) is 12.8 Å². The molecule has 0 aliphatic heterocycles. The zero-order valence-corrected chi connectivity index (χ0v) is 15.0. The van der Waals surface area contributed by atoms with Gasteiger partial charge in [-0.3, -0.25) is 9.78 Å². The minimum atomic E-state index is -4.38. The van der Waals surface area contributed by atoms with E-state index in [0.717, 1.165) is 12.1 Å². The number of carbonyl (C=O) groups is 1. The van der Waals surface area contributed by atoms with Crippen LogP contribution in [0.3, 0.4) is 0 Å². The predicted octanol–water partition coefficient (Wildman–Crippen LogP) is 4.98. The Morgan fingerprint density at radius 3 is 2.46 bits per heavy atom. The molecule has 144 valence electrons. The van der Waals surface area contributed by atoms with Crippen LogP contribution in [0.25, 0.3) is 0 Å². The highest BCUT2D eigenvalue weighted by atomic mass is 35.5. The fraction of sp³-hybridized carbons (Fsp3) is 0.105. The van der Waals surface area contributed by atoms with E-state index >= 15 is 0 Å². The first-order chi connectivity index (χ1) is 13.3. The van der Waals surface area contributed by atoms with Gasteiger partial charge in [-0.1, -0.05) is 23.7 Å². The number of nitrogens with zero attached hydrogens (tertiary/aromatic N) is 2.